The van der Waals surface area contributed by atoms with Crippen LogP contribution in [0.15, 0.2) is 28.7 Å². The average Bonchev–Trinajstić information content (AvgIpc) is 2.73. The number of nitrogens with zero attached hydrogens (tertiary/aromatic N) is 1. The molecule has 0 spiro atoms. The molecule has 1 aromatic rings. The van der Waals surface area contributed by atoms with E-state index in [0.29, 0.717) is 12.1 Å². The van der Waals surface area contributed by atoms with Crippen LogP contribution >= 0.6 is 15.9 Å². The van der Waals surface area contributed by atoms with Crippen molar-refractivity contribution in [2.24, 2.45) is 0 Å². The Hall–Kier alpha value is -0.380. The Morgan fingerprint density at radius 1 is 1.41 bits per heavy atom. The van der Waals surface area contributed by atoms with Gasteiger partial charge in [0.2, 0.25) is 0 Å². The minimum absolute atomic E-state index is 0.428. The first-order chi connectivity index (χ1) is 8.16. The second-order valence-electron chi connectivity index (χ2n) is 4.96. The van der Waals surface area contributed by atoms with Gasteiger partial charge < -0.3 is 10.2 Å². The Labute approximate surface area is 113 Å². The van der Waals surface area contributed by atoms with Gasteiger partial charge in [0.25, 0.3) is 0 Å². The second kappa shape index (κ2) is 5.98. The highest BCUT2D eigenvalue weighted by Crippen LogP contribution is 2.18. The van der Waals surface area contributed by atoms with Gasteiger partial charge in [-0.3, -0.25) is 0 Å². The molecule has 1 aliphatic rings. The predicted octanol–water partition coefficient (Wildman–Crippen LogP) is 3.19. The van der Waals surface area contributed by atoms with Crippen LogP contribution in [0, 0.1) is 0 Å². The van der Waals surface area contributed by atoms with Crippen LogP contribution in [0.5, 0.6) is 0 Å². The molecule has 2 rings (SSSR count). The van der Waals surface area contributed by atoms with Crippen LogP contribution < -0.4 is 5.32 Å². The quantitative estimate of drug-likeness (QED) is 0.918. The summed E-state index contributed by atoms with van der Waals surface area (Å²) in [6.07, 6.45) is 2.67. The SMILES string of the molecule is CC(NCC1CCCN1C)c1ccc(Br)cc1. The van der Waals surface area contributed by atoms with E-state index in [1.54, 1.807) is 0 Å². The Balaban J connectivity index is 1.84. The summed E-state index contributed by atoms with van der Waals surface area (Å²) in [5.74, 6) is 0. The van der Waals surface area contributed by atoms with Crippen LogP contribution in [0.25, 0.3) is 0 Å². The van der Waals surface area contributed by atoms with Crippen molar-refractivity contribution < 1.29 is 0 Å². The number of nitrogens with one attached hydrogen (secondary N) is 1. The maximum absolute atomic E-state index is 3.63. The molecular weight excluding hydrogens is 276 g/mol. The molecule has 0 saturated carbocycles. The van der Waals surface area contributed by atoms with Crippen LogP contribution in [0.2, 0.25) is 0 Å². The van der Waals surface area contributed by atoms with Crippen molar-refractivity contribution in [3.8, 4) is 0 Å². The van der Waals surface area contributed by atoms with Gasteiger partial charge in [0, 0.05) is 23.1 Å². The number of likely N-dealkylation sites (tertiary alicyclic amines) is 1. The maximum atomic E-state index is 3.63. The fraction of sp³-hybridized carbons (Fsp3) is 0.571. The summed E-state index contributed by atoms with van der Waals surface area (Å²) < 4.78 is 1.14. The summed E-state index contributed by atoms with van der Waals surface area (Å²) >= 11 is 3.47. The Kier molecular flexibility index (Phi) is 4.60. The van der Waals surface area contributed by atoms with Crippen molar-refractivity contribution in [2.45, 2.75) is 31.8 Å². The van der Waals surface area contributed by atoms with E-state index in [0.717, 1.165) is 11.0 Å². The fourth-order valence-corrected chi connectivity index (χ4v) is 2.68. The lowest BCUT2D eigenvalue weighted by Gasteiger charge is -2.22. The highest BCUT2D eigenvalue weighted by atomic mass is 79.9. The number of rotatable bonds is 4. The van der Waals surface area contributed by atoms with Crippen LogP contribution in [-0.4, -0.2) is 31.1 Å². The molecule has 0 aliphatic carbocycles. The summed E-state index contributed by atoms with van der Waals surface area (Å²) in [5, 5.41) is 3.63. The first-order valence-corrected chi connectivity index (χ1v) is 7.15. The molecule has 2 atom stereocenters. The fourth-order valence-electron chi connectivity index (χ4n) is 2.42. The number of hydrogen-bond donors (Lipinski definition) is 1. The highest BCUT2D eigenvalue weighted by molar-refractivity contribution is 9.10. The zero-order chi connectivity index (χ0) is 12.3. The lowest BCUT2D eigenvalue weighted by molar-refractivity contribution is 0.293. The summed E-state index contributed by atoms with van der Waals surface area (Å²) in [5.41, 5.74) is 1.36. The van der Waals surface area contributed by atoms with Gasteiger partial charge in [-0.05, 0) is 51.1 Å². The third kappa shape index (κ3) is 3.54. The van der Waals surface area contributed by atoms with Crippen molar-refractivity contribution in [2.75, 3.05) is 20.1 Å². The number of likely N-dealkylation sites (N-methyl/N-ethyl adjacent to an activating group) is 1. The summed E-state index contributed by atoms with van der Waals surface area (Å²) in [4.78, 5) is 2.46. The lowest BCUT2D eigenvalue weighted by Crippen LogP contribution is -2.36. The predicted molar refractivity (Wildman–Crippen MR) is 76.2 cm³/mol. The van der Waals surface area contributed by atoms with E-state index < -0.39 is 0 Å². The molecule has 0 radical (unpaired) electrons. The summed E-state index contributed by atoms with van der Waals surface area (Å²) in [7, 11) is 2.23. The number of hydrogen-bond acceptors (Lipinski definition) is 2. The molecule has 1 N–H and O–H groups in total. The van der Waals surface area contributed by atoms with Crippen LogP contribution in [-0.2, 0) is 0 Å². The van der Waals surface area contributed by atoms with E-state index in [2.05, 4.69) is 64.4 Å². The third-order valence-corrected chi connectivity index (χ3v) is 4.23. The molecule has 3 heteroatoms. The molecule has 2 unspecified atom stereocenters. The monoisotopic (exact) mass is 296 g/mol. The van der Waals surface area contributed by atoms with Crippen molar-refractivity contribution in [1.29, 1.82) is 0 Å². The zero-order valence-corrected chi connectivity index (χ0v) is 12.2. The smallest absolute Gasteiger partial charge is 0.0292 e. The van der Waals surface area contributed by atoms with Gasteiger partial charge in [-0.1, -0.05) is 28.1 Å². The summed E-state index contributed by atoms with van der Waals surface area (Å²) in [6.45, 7) is 4.57. The van der Waals surface area contributed by atoms with Crippen molar-refractivity contribution in [1.82, 2.24) is 10.2 Å². The van der Waals surface area contributed by atoms with Crippen LogP contribution in [0.4, 0.5) is 0 Å². The zero-order valence-electron chi connectivity index (χ0n) is 10.6. The van der Waals surface area contributed by atoms with Crippen molar-refractivity contribution in [3.05, 3.63) is 34.3 Å². The van der Waals surface area contributed by atoms with Gasteiger partial charge >= 0.3 is 0 Å². The third-order valence-electron chi connectivity index (χ3n) is 3.70. The molecule has 17 heavy (non-hydrogen) atoms. The Morgan fingerprint density at radius 2 is 2.12 bits per heavy atom. The first-order valence-electron chi connectivity index (χ1n) is 6.36. The minimum Gasteiger partial charge on any atom is -0.309 e. The molecule has 1 aliphatic heterocycles. The highest BCUT2D eigenvalue weighted by Gasteiger charge is 2.20. The van der Waals surface area contributed by atoms with Gasteiger partial charge in [0.05, 0.1) is 0 Å². The lowest BCUT2D eigenvalue weighted by atomic mass is 10.1. The minimum atomic E-state index is 0.428. The average molecular weight is 297 g/mol. The standard InChI is InChI=1S/C14H21BrN2/c1-11(12-5-7-13(15)8-6-12)16-10-14-4-3-9-17(14)2/h5-8,11,14,16H,3-4,9-10H2,1-2H3. The molecule has 0 aromatic heterocycles. The van der Waals surface area contributed by atoms with Crippen molar-refractivity contribution >= 4 is 15.9 Å². The maximum Gasteiger partial charge on any atom is 0.0292 e. The van der Waals surface area contributed by atoms with Gasteiger partial charge in [-0.15, -0.1) is 0 Å². The van der Waals surface area contributed by atoms with E-state index in [9.17, 15) is 0 Å². The van der Waals surface area contributed by atoms with E-state index in [1.165, 1.54) is 24.9 Å². The molecule has 1 fully saturated rings. The van der Waals surface area contributed by atoms with E-state index in [-0.39, 0.29) is 0 Å². The molecule has 2 nitrogen and oxygen atoms in total. The van der Waals surface area contributed by atoms with E-state index in [4.69, 9.17) is 0 Å². The van der Waals surface area contributed by atoms with Gasteiger partial charge in [-0.25, -0.2) is 0 Å². The molecule has 94 valence electrons. The molecule has 1 aromatic carbocycles. The van der Waals surface area contributed by atoms with Crippen LogP contribution in [0.1, 0.15) is 31.4 Å². The van der Waals surface area contributed by atoms with Crippen molar-refractivity contribution in [3.63, 3.8) is 0 Å². The van der Waals surface area contributed by atoms with Gasteiger partial charge in [0.1, 0.15) is 0 Å². The molecule has 0 amide bonds. The van der Waals surface area contributed by atoms with E-state index in [1.807, 2.05) is 0 Å². The largest absolute Gasteiger partial charge is 0.309 e. The number of benzene rings is 1. The molecule has 1 heterocycles. The molecule has 0 bridgehead atoms. The van der Waals surface area contributed by atoms with Gasteiger partial charge in [-0.2, -0.15) is 0 Å². The number of halogens is 1. The van der Waals surface area contributed by atoms with E-state index >= 15 is 0 Å². The molecular formula is C14H21BrN2. The second-order valence-corrected chi connectivity index (χ2v) is 5.87. The topological polar surface area (TPSA) is 15.3 Å². The first kappa shape index (κ1) is 13.1. The van der Waals surface area contributed by atoms with Gasteiger partial charge in [0.15, 0.2) is 0 Å². The Bertz CT molecular complexity index is 350. The van der Waals surface area contributed by atoms with Crippen LogP contribution in [0.3, 0.4) is 0 Å². The summed E-state index contributed by atoms with van der Waals surface area (Å²) in [6, 6.07) is 9.72. The Morgan fingerprint density at radius 3 is 2.71 bits per heavy atom. The molecule has 1 saturated heterocycles. The normalized spacial score (nSPS) is 22.9.